The third-order valence-electron chi connectivity index (χ3n) is 6.59. The third-order valence-corrected chi connectivity index (χ3v) is 6.59. The predicted molar refractivity (Wildman–Crippen MR) is 215 cm³/mol. The lowest BCUT2D eigenvalue weighted by Crippen LogP contribution is -2.43. The Balaban J connectivity index is -0.000000301. The van der Waals surface area contributed by atoms with Crippen molar-refractivity contribution in [1.29, 1.82) is 0 Å². The van der Waals surface area contributed by atoms with Crippen LogP contribution in [-0.2, 0) is 28.7 Å². The lowest BCUT2D eigenvalue weighted by Gasteiger charge is -2.28. The van der Waals surface area contributed by atoms with Crippen LogP contribution in [0.5, 0.6) is 5.75 Å². The summed E-state index contributed by atoms with van der Waals surface area (Å²) < 4.78 is 10.9. The van der Waals surface area contributed by atoms with E-state index in [1.165, 1.54) is 12.0 Å². The largest absolute Gasteiger partial charge is 0.508 e. The molecule has 0 radical (unpaired) electrons. The van der Waals surface area contributed by atoms with Gasteiger partial charge < -0.3 is 56.5 Å². The van der Waals surface area contributed by atoms with Gasteiger partial charge in [0, 0.05) is 37.5 Å². The molecule has 1 aromatic rings. The van der Waals surface area contributed by atoms with E-state index in [2.05, 4.69) is 75.1 Å². The fourth-order valence-corrected chi connectivity index (χ4v) is 4.08. The molecule has 8 N–H and O–H groups in total. The molecule has 0 heterocycles. The molecule has 0 spiro atoms. The number of nitrogens with two attached hydrogens (primary N) is 1. The Hall–Kier alpha value is -3.59. The molecule has 310 valence electrons. The monoisotopic (exact) mass is 757 g/mol. The van der Waals surface area contributed by atoms with Crippen molar-refractivity contribution < 1.29 is 38.6 Å². The normalized spacial score (nSPS) is 10.8. The minimum Gasteiger partial charge on any atom is -0.508 e. The number of hydrogen-bond donors (Lipinski definition) is 7. The summed E-state index contributed by atoms with van der Waals surface area (Å²) in [6, 6.07) is 6.15. The van der Waals surface area contributed by atoms with Gasteiger partial charge in [0.2, 0.25) is 11.8 Å². The van der Waals surface area contributed by atoms with Crippen molar-refractivity contribution in [2.45, 2.75) is 106 Å². The molecule has 0 saturated carbocycles. The molecule has 4 amide bonds. The zero-order chi connectivity index (χ0) is 41.6. The van der Waals surface area contributed by atoms with E-state index in [0.717, 1.165) is 45.6 Å². The summed E-state index contributed by atoms with van der Waals surface area (Å²) in [5.74, 6) is 0.0785. The van der Waals surface area contributed by atoms with Crippen molar-refractivity contribution in [3.63, 3.8) is 0 Å². The van der Waals surface area contributed by atoms with Gasteiger partial charge in [0.1, 0.15) is 18.3 Å². The Morgan fingerprint density at radius 1 is 0.849 bits per heavy atom. The van der Waals surface area contributed by atoms with Gasteiger partial charge in [-0.3, -0.25) is 9.59 Å². The van der Waals surface area contributed by atoms with Gasteiger partial charge in [-0.2, -0.15) is 0 Å². The summed E-state index contributed by atoms with van der Waals surface area (Å²) in [6.45, 7) is 20.8. The maximum absolute atomic E-state index is 11.4. The Bertz CT molecular complexity index is 1000. The molecule has 0 aromatic heterocycles. The first kappa shape index (κ1) is 56.2. The van der Waals surface area contributed by atoms with Gasteiger partial charge in [-0.15, -0.1) is 0 Å². The third kappa shape index (κ3) is 44.5. The number of methoxy groups -OCH3 is 1. The van der Waals surface area contributed by atoms with Crippen molar-refractivity contribution in [2.24, 2.45) is 16.6 Å². The Labute approximate surface area is 320 Å². The molecule has 53 heavy (non-hydrogen) atoms. The number of urea groups is 1. The number of amides is 4. The topological polar surface area (TPSA) is 210 Å². The molecule has 0 aliphatic rings. The summed E-state index contributed by atoms with van der Waals surface area (Å²) >= 11 is 0. The molecule has 14 nitrogen and oxygen atoms in total. The highest BCUT2D eigenvalue weighted by Crippen LogP contribution is 2.19. The average molecular weight is 757 g/mol. The van der Waals surface area contributed by atoms with Gasteiger partial charge in [0.25, 0.3) is 0 Å². The smallest absolute Gasteiger partial charge is 0.312 e. The van der Waals surface area contributed by atoms with Crippen LogP contribution in [0, 0.1) is 17.8 Å². The van der Waals surface area contributed by atoms with Crippen LogP contribution in [0.4, 0.5) is 4.79 Å². The van der Waals surface area contributed by atoms with Crippen LogP contribution < -0.4 is 32.3 Å². The number of phenols is 1. The van der Waals surface area contributed by atoms with E-state index in [-0.39, 0.29) is 41.8 Å². The van der Waals surface area contributed by atoms with Crippen molar-refractivity contribution >= 4 is 30.4 Å². The quantitative estimate of drug-likeness (QED) is 0.0661. The molecule has 14 heteroatoms. The SMILES string of the molecule is CCC.CCCCCC(=O)NCC=O.CNC(CCCNC(N)=O)C(=O)NCC=O.CNCC(C)(C)COCC(C)(C)COC.Cc1ccc(O)cc1. The number of phenolic OH excluding ortho intramolecular Hbond substituents is 1. The number of carbonyl (C=O) groups is 5. The van der Waals surface area contributed by atoms with Crippen LogP contribution in [0.25, 0.3) is 0 Å². The van der Waals surface area contributed by atoms with Gasteiger partial charge in [0.15, 0.2) is 0 Å². The van der Waals surface area contributed by atoms with Crippen LogP contribution in [-0.4, -0.2) is 109 Å². The summed E-state index contributed by atoms with van der Waals surface area (Å²) in [5.41, 5.74) is 6.35. The van der Waals surface area contributed by atoms with Gasteiger partial charge >= 0.3 is 6.03 Å². The van der Waals surface area contributed by atoms with Crippen LogP contribution >= 0.6 is 0 Å². The van der Waals surface area contributed by atoms with E-state index in [9.17, 15) is 24.0 Å². The van der Waals surface area contributed by atoms with E-state index in [1.54, 1.807) is 26.3 Å². The summed E-state index contributed by atoms with van der Waals surface area (Å²) in [7, 11) is 5.36. The first-order chi connectivity index (χ1) is 25.0. The molecule has 1 rings (SSSR count). The maximum Gasteiger partial charge on any atom is 0.312 e. The second-order valence-electron chi connectivity index (χ2n) is 13.9. The fourth-order valence-electron chi connectivity index (χ4n) is 4.08. The molecule has 0 aliphatic heterocycles. The molecule has 1 aromatic carbocycles. The van der Waals surface area contributed by atoms with Crippen molar-refractivity contribution in [2.75, 3.05) is 67.2 Å². The van der Waals surface area contributed by atoms with Crippen LogP contribution in [0.3, 0.4) is 0 Å². The number of nitrogens with one attached hydrogen (secondary N) is 5. The highest BCUT2D eigenvalue weighted by atomic mass is 16.5. The number of rotatable bonds is 22. The summed E-state index contributed by atoms with van der Waals surface area (Å²) in [5, 5.41) is 22.1. The number of carbonyl (C=O) groups excluding carboxylic acids is 5. The van der Waals surface area contributed by atoms with E-state index in [4.69, 9.17) is 20.3 Å². The molecule has 1 unspecified atom stereocenters. The lowest BCUT2D eigenvalue weighted by molar-refractivity contribution is -0.124. The zero-order valence-corrected chi connectivity index (χ0v) is 34.8. The number of aryl methyl sites for hydroxylation is 1. The Morgan fingerprint density at radius 2 is 1.40 bits per heavy atom. The van der Waals surface area contributed by atoms with Crippen molar-refractivity contribution in [3.05, 3.63) is 29.8 Å². The van der Waals surface area contributed by atoms with Gasteiger partial charge in [0.05, 0.1) is 39.0 Å². The van der Waals surface area contributed by atoms with E-state index < -0.39 is 6.03 Å². The minimum absolute atomic E-state index is 0.0105. The number of likely N-dealkylation sites (N-methyl/N-ethyl adjacent to an activating group) is 1. The van der Waals surface area contributed by atoms with Crippen LogP contribution in [0.15, 0.2) is 24.3 Å². The molecular weight excluding hydrogens is 680 g/mol. The highest BCUT2D eigenvalue weighted by molar-refractivity contribution is 5.83. The highest BCUT2D eigenvalue weighted by Gasteiger charge is 2.22. The zero-order valence-electron chi connectivity index (χ0n) is 34.8. The average Bonchev–Trinajstić information content (AvgIpc) is 3.08. The van der Waals surface area contributed by atoms with Crippen LogP contribution in [0.1, 0.15) is 99.0 Å². The predicted octanol–water partition coefficient (Wildman–Crippen LogP) is 4.26. The summed E-state index contributed by atoms with van der Waals surface area (Å²) in [6.07, 6.45) is 7.40. The number of hydrogen-bond acceptors (Lipinski definition) is 10. The van der Waals surface area contributed by atoms with Gasteiger partial charge in [-0.05, 0) is 52.4 Å². The second kappa shape index (κ2) is 38.1. The standard InChI is InChI=1S/C12H27NO2.C9H18N4O3.C8H15NO2.C7H8O.C3H8/c1-11(2,7-13-5)9-15-10-12(3,4)8-14-6;1-11-7(8(15)12-5-6-14)3-2-4-13-9(10)16;1-2-3-4-5-8(11)9-6-7-10;1-6-2-4-7(8)5-3-6;1-3-2/h13H,7-10H2,1-6H3;6-7,11H,2-5H2,1H3,(H,12,15)(H3,10,13,16);7H,2-6H2,1H3,(H,9,11);2-5,8H,1H3;3H2,1-2H3. The molecule has 0 aliphatic carbocycles. The van der Waals surface area contributed by atoms with Gasteiger partial charge in [-0.25, -0.2) is 4.79 Å². The number of benzene rings is 1. The van der Waals surface area contributed by atoms with Crippen LogP contribution in [0.2, 0.25) is 0 Å². The van der Waals surface area contributed by atoms with E-state index >= 15 is 0 Å². The second-order valence-corrected chi connectivity index (χ2v) is 13.9. The molecule has 0 bridgehead atoms. The summed E-state index contributed by atoms with van der Waals surface area (Å²) in [4.78, 5) is 52.5. The molecular formula is C39H76N6O8. The first-order valence-corrected chi connectivity index (χ1v) is 18.5. The fraction of sp³-hybridized carbons (Fsp3) is 0.718. The minimum atomic E-state index is -0.577. The molecule has 0 saturated heterocycles. The number of ether oxygens (including phenoxy) is 2. The Morgan fingerprint density at radius 3 is 1.85 bits per heavy atom. The first-order valence-electron chi connectivity index (χ1n) is 18.5. The van der Waals surface area contributed by atoms with Gasteiger partial charge in [-0.1, -0.05) is 85.4 Å². The Kier molecular flexibility index (Phi) is 40.4. The number of aromatic hydroxyl groups is 1. The molecule has 1 atom stereocenters. The maximum atomic E-state index is 11.4. The van der Waals surface area contributed by atoms with Crippen molar-refractivity contribution in [3.8, 4) is 5.75 Å². The van der Waals surface area contributed by atoms with Crippen molar-refractivity contribution in [1.82, 2.24) is 26.6 Å². The lowest BCUT2D eigenvalue weighted by atomic mass is 9.93. The number of unbranched alkanes of at least 4 members (excludes halogenated alkanes) is 2. The number of primary amides is 1. The van der Waals surface area contributed by atoms with E-state index in [1.807, 2.05) is 26.1 Å². The number of aldehydes is 2. The van der Waals surface area contributed by atoms with E-state index in [0.29, 0.717) is 44.1 Å². The molecule has 0 fully saturated rings.